The number of hydrogen-bond acceptors (Lipinski definition) is 6. The first-order chi connectivity index (χ1) is 11.6. The van der Waals surface area contributed by atoms with Crippen LogP contribution in [0.15, 0.2) is 36.0 Å². The number of nitrogens with zero attached hydrogens (tertiary/aromatic N) is 2. The topological polar surface area (TPSA) is 118 Å². The van der Waals surface area contributed by atoms with Crippen LogP contribution in [0, 0.1) is 11.3 Å². The number of rotatable bonds is 7. The zero-order chi connectivity index (χ0) is 17.9. The van der Waals surface area contributed by atoms with E-state index in [4.69, 9.17) is 15.2 Å². The first kappa shape index (κ1) is 19.0. The van der Waals surface area contributed by atoms with Crippen LogP contribution in [0.25, 0.3) is 0 Å². The minimum absolute atomic E-state index is 0.117. The normalized spacial score (nSPS) is 10.5. The van der Waals surface area contributed by atoms with Crippen molar-refractivity contribution in [3.05, 3.63) is 36.0 Å². The molecule has 0 atom stereocenters. The second-order valence-corrected chi connectivity index (χ2v) is 4.49. The molecule has 8 nitrogen and oxygen atoms in total. The summed E-state index contributed by atoms with van der Waals surface area (Å²) in [5.74, 6) is -0.222. The van der Waals surface area contributed by atoms with Crippen LogP contribution >= 0.6 is 0 Å². The van der Waals surface area contributed by atoms with E-state index in [1.54, 1.807) is 37.3 Å². The molecule has 0 aliphatic carbocycles. The number of methoxy groups -OCH3 is 1. The number of nitrogens with one attached hydrogen (secondary N) is 1. The van der Waals surface area contributed by atoms with Gasteiger partial charge in [0.1, 0.15) is 17.4 Å². The molecule has 0 bridgehead atoms. The first-order valence-corrected chi connectivity index (χ1v) is 7.27. The van der Waals surface area contributed by atoms with E-state index in [0.717, 1.165) is 11.1 Å². The molecule has 0 spiro atoms. The van der Waals surface area contributed by atoms with E-state index in [1.165, 1.54) is 7.11 Å². The smallest absolute Gasteiger partial charge is 0.413 e. The second-order valence-electron chi connectivity index (χ2n) is 4.49. The van der Waals surface area contributed by atoms with E-state index < -0.39 is 12.0 Å². The van der Waals surface area contributed by atoms with Crippen molar-refractivity contribution < 1.29 is 19.1 Å². The van der Waals surface area contributed by atoms with Crippen LogP contribution in [0.1, 0.15) is 6.92 Å². The van der Waals surface area contributed by atoms with Crippen molar-refractivity contribution in [3.63, 3.8) is 0 Å². The number of amides is 2. The molecule has 8 heteroatoms. The van der Waals surface area contributed by atoms with E-state index in [1.807, 2.05) is 0 Å². The quantitative estimate of drug-likeness (QED) is 0.576. The maximum absolute atomic E-state index is 12.3. The maximum atomic E-state index is 12.3. The van der Waals surface area contributed by atoms with Gasteiger partial charge >= 0.3 is 6.09 Å². The summed E-state index contributed by atoms with van der Waals surface area (Å²) in [5.41, 5.74) is 5.59. The molecule has 0 saturated heterocycles. The molecule has 0 saturated carbocycles. The van der Waals surface area contributed by atoms with Crippen molar-refractivity contribution >= 4 is 17.7 Å². The van der Waals surface area contributed by atoms with Gasteiger partial charge in [-0.05, 0) is 19.1 Å². The van der Waals surface area contributed by atoms with Gasteiger partial charge in [-0.1, -0.05) is 12.1 Å². The lowest BCUT2D eigenvalue weighted by Crippen LogP contribution is -2.32. The molecule has 0 fully saturated rings. The average Bonchev–Trinajstić information content (AvgIpc) is 2.59. The average molecular weight is 332 g/mol. The Morgan fingerprint density at radius 1 is 1.42 bits per heavy atom. The van der Waals surface area contributed by atoms with Crippen LogP contribution < -0.4 is 15.8 Å². The number of carbonyl (C=O) groups excluding carboxylic acids is 2. The van der Waals surface area contributed by atoms with Gasteiger partial charge in [0.15, 0.2) is 0 Å². The number of benzene rings is 1. The Morgan fingerprint density at radius 3 is 2.71 bits per heavy atom. The molecule has 0 aliphatic heterocycles. The second kappa shape index (κ2) is 9.86. The predicted octanol–water partition coefficient (Wildman–Crippen LogP) is 1.46. The standard InChI is InChI=1S/C16H20N4O4/c1-3-24-16(22)20(9-8-17)11-12(10-18)15(21)19-13-6-4-5-7-14(13)23-2/h4-7,11H,3,8-9,17H2,1-2H3,(H,19,21)/b12-11-. The molecular weight excluding hydrogens is 312 g/mol. The number of anilines is 1. The summed E-state index contributed by atoms with van der Waals surface area (Å²) in [5, 5.41) is 11.8. The highest BCUT2D eigenvalue weighted by atomic mass is 16.6. The summed E-state index contributed by atoms with van der Waals surface area (Å²) in [4.78, 5) is 25.2. The summed E-state index contributed by atoms with van der Waals surface area (Å²) in [6.45, 7) is 2.10. The van der Waals surface area contributed by atoms with Gasteiger partial charge in [-0.2, -0.15) is 5.26 Å². The molecule has 24 heavy (non-hydrogen) atoms. The van der Waals surface area contributed by atoms with Gasteiger partial charge < -0.3 is 20.5 Å². The fourth-order valence-corrected chi connectivity index (χ4v) is 1.79. The number of para-hydroxylation sites is 2. The van der Waals surface area contributed by atoms with Crippen molar-refractivity contribution in [2.75, 3.05) is 32.1 Å². The van der Waals surface area contributed by atoms with Gasteiger partial charge in [-0.3, -0.25) is 9.69 Å². The highest BCUT2D eigenvalue weighted by Crippen LogP contribution is 2.23. The van der Waals surface area contributed by atoms with E-state index in [-0.39, 0.29) is 25.3 Å². The Labute approximate surface area is 140 Å². The van der Waals surface area contributed by atoms with Gasteiger partial charge in [0.2, 0.25) is 0 Å². The monoisotopic (exact) mass is 332 g/mol. The summed E-state index contributed by atoms with van der Waals surface area (Å²) >= 11 is 0. The minimum Gasteiger partial charge on any atom is -0.495 e. The Balaban J connectivity index is 2.99. The van der Waals surface area contributed by atoms with Crippen LogP contribution in [0.5, 0.6) is 5.75 Å². The molecular formula is C16H20N4O4. The lowest BCUT2D eigenvalue weighted by molar-refractivity contribution is -0.112. The molecule has 0 unspecified atom stereocenters. The van der Waals surface area contributed by atoms with Crippen LogP contribution in [0.4, 0.5) is 10.5 Å². The molecule has 3 N–H and O–H groups in total. The highest BCUT2D eigenvalue weighted by Gasteiger charge is 2.17. The van der Waals surface area contributed by atoms with Crippen molar-refractivity contribution in [3.8, 4) is 11.8 Å². The molecule has 0 aliphatic rings. The van der Waals surface area contributed by atoms with Gasteiger partial charge in [0, 0.05) is 19.3 Å². The SMILES string of the molecule is CCOC(=O)N(/C=C(/C#N)C(=O)Nc1ccccc1OC)CCN. The fraction of sp³-hybridized carbons (Fsp3) is 0.312. The van der Waals surface area contributed by atoms with Crippen molar-refractivity contribution in [1.29, 1.82) is 5.26 Å². The zero-order valence-corrected chi connectivity index (χ0v) is 13.6. The van der Waals surface area contributed by atoms with Crippen molar-refractivity contribution in [2.24, 2.45) is 5.73 Å². The number of carbonyl (C=O) groups is 2. The van der Waals surface area contributed by atoms with Crippen LogP contribution in [0.2, 0.25) is 0 Å². The van der Waals surface area contributed by atoms with Crippen molar-refractivity contribution in [1.82, 2.24) is 4.90 Å². The molecule has 1 rings (SSSR count). The lowest BCUT2D eigenvalue weighted by Gasteiger charge is -2.17. The molecule has 128 valence electrons. The minimum atomic E-state index is -0.680. The highest BCUT2D eigenvalue weighted by molar-refractivity contribution is 6.07. The van der Waals surface area contributed by atoms with Gasteiger partial charge in [-0.25, -0.2) is 4.79 Å². The molecule has 0 radical (unpaired) electrons. The Hall–Kier alpha value is -3.05. The number of ether oxygens (including phenoxy) is 2. The summed E-state index contributed by atoms with van der Waals surface area (Å²) in [6.07, 6.45) is 0.441. The van der Waals surface area contributed by atoms with E-state index >= 15 is 0 Å². The van der Waals surface area contributed by atoms with E-state index in [9.17, 15) is 14.9 Å². The van der Waals surface area contributed by atoms with Crippen molar-refractivity contribution in [2.45, 2.75) is 6.92 Å². The van der Waals surface area contributed by atoms with Crippen LogP contribution in [-0.4, -0.2) is 43.7 Å². The molecule has 2 amide bonds. The predicted molar refractivity (Wildman–Crippen MR) is 88.1 cm³/mol. The number of nitriles is 1. The first-order valence-electron chi connectivity index (χ1n) is 7.27. The lowest BCUT2D eigenvalue weighted by atomic mass is 10.2. The van der Waals surface area contributed by atoms with E-state index in [2.05, 4.69) is 5.32 Å². The fourth-order valence-electron chi connectivity index (χ4n) is 1.79. The Kier molecular flexibility index (Phi) is 7.81. The Bertz CT molecular complexity index is 652. The molecule has 0 heterocycles. The number of nitrogens with two attached hydrogens (primary N) is 1. The number of hydrogen-bond donors (Lipinski definition) is 2. The molecule has 1 aromatic carbocycles. The third kappa shape index (κ3) is 5.30. The third-order valence-electron chi connectivity index (χ3n) is 2.88. The van der Waals surface area contributed by atoms with E-state index in [0.29, 0.717) is 11.4 Å². The summed E-state index contributed by atoms with van der Waals surface area (Å²) < 4.78 is 9.99. The van der Waals surface area contributed by atoms with Gasteiger partial charge in [0.25, 0.3) is 5.91 Å². The molecule has 1 aromatic rings. The van der Waals surface area contributed by atoms with Crippen LogP contribution in [-0.2, 0) is 9.53 Å². The molecule has 0 aromatic heterocycles. The van der Waals surface area contributed by atoms with Gasteiger partial charge in [0.05, 0.1) is 19.4 Å². The third-order valence-corrected chi connectivity index (χ3v) is 2.88. The Morgan fingerprint density at radius 2 is 2.12 bits per heavy atom. The maximum Gasteiger partial charge on any atom is 0.413 e. The van der Waals surface area contributed by atoms with Crippen LogP contribution in [0.3, 0.4) is 0 Å². The van der Waals surface area contributed by atoms with Gasteiger partial charge in [-0.15, -0.1) is 0 Å². The summed E-state index contributed by atoms with van der Waals surface area (Å²) in [7, 11) is 1.47. The largest absolute Gasteiger partial charge is 0.495 e. The zero-order valence-electron chi connectivity index (χ0n) is 13.6. The summed E-state index contributed by atoms with van der Waals surface area (Å²) in [6, 6.07) is 8.53.